The molecule has 2 aliphatic heterocycles. The van der Waals surface area contributed by atoms with Crippen LogP contribution in [0.25, 0.3) is 0 Å². The molecule has 0 aromatic carbocycles. The Morgan fingerprint density at radius 2 is 1.69 bits per heavy atom. The van der Waals surface area contributed by atoms with Crippen LogP contribution in [0.4, 0.5) is 4.79 Å². The summed E-state index contributed by atoms with van der Waals surface area (Å²) in [7, 11) is 1.83. The Balaban J connectivity index is 1.82. The van der Waals surface area contributed by atoms with E-state index in [4.69, 9.17) is 4.74 Å². The molecule has 0 radical (unpaired) electrons. The molecule has 0 spiro atoms. The number of hydrogen-bond donors (Lipinski definition) is 2. The average molecular weight is 413 g/mol. The second kappa shape index (κ2) is 9.62. The fourth-order valence-electron chi connectivity index (χ4n) is 4.04. The monoisotopic (exact) mass is 412 g/mol. The SMILES string of the molecule is CNC(C(=O)N1CCC(O)C1)C(C)(C)CCN1CCN(C(=O)OC(C)(C)C)CC1. The molecule has 168 valence electrons. The predicted molar refractivity (Wildman–Crippen MR) is 113 cm³/mol. The first-order valence-electron chi connectivity index (χ1n) is 10.8. The molecule has 2 unspecified atom stereocenters. The Hall–Kier alpha value is -1.38. The summed E-state index contributed by atoms with van der Waals surface area (Å²) in [5.74, 6) is 0.0730. The van der Waals surface area contributed by atoms with E-state index < -0.39 is 11.7 Å². The van der Waals surface area contributed by atoms with Gasteiger partial charge in [0.25, 0.3) is 0 Å². The summed E-state index contributed by atoms with van der Waals surface area (Å²) in [5, 5.41) is 12.9. The minimum Gasteiger partial charge on any atom is -0.444 e. The molecule has 2 aliphatic rings. The van der Waals surface area contributed by atoms with Crippen molar-refractivity contribution in [3.63, 3.8) is 0 Å². The molecule has 0 aromatic rings. The number of carbonyl (C=O) groups is 2. The van der Waals surface area contributed by atoms with Crippen molar-refractivity contribution in [2.24, 2.45) is 5.41 Å². The number of β-amino-alcohol motifs (C(OH)–C–C–N with tert-alkyl or cyclic N) is 1. The van der Waals surface area contributed by atoms with Gasteiger partial charge in [-0.1, -0.05) is 13.8 Å². The molecule has 2 atom stereocenters. The van der Waals surface area contributed by atoms with Crippen molar-refractivity contribution in [1.82, 2.24) is 20.0 Å². The van der Waals surface area contributed by atoms with Crippen LogP contribution in [0.1, 0.15) is 47.5 Å². The average Bonchev–Trinajstić information content (AvgIpc) is 3.06. The number of aliphatic hydroxyl groups is 1. The van der Waals surface area contributed by atoms with Crippen molar-refractivity contribution in [2.75, 3.05) is 52.9 Å². The van der Waals surface area contributed by atoms with Crippen molar-refractivity contribution < 1.29 is 19.4 Å². The topological polar surface area (TPSA) is 85.4 Å². The first kappa shape index (κ1) is 23.9. The fourth-order valence-corrected chi connectivity index (χ4v) is 4.04. The zero-order valence-electron chi connectivity index (χ0n) is 19.0. The van der Waals surface area contributed by atoms with Crippen LogP contribution < -0.4 is 5.32 Å². The molecule has 8 heteroatoms. The molecular formula is C21H40N4O4. The van der Waals surface area contributed by atoms with Gasteiger partial charge in [-0.2, -0.15) is 0 Å². The number of likely N-dealkylation sites (N-methyl/N-ethyl adjacent to an activating group) is 1. The highest BCUT2D eigenvalue weighted by atomic mass is 16.6. The summed E-state index contributed by atoms with van der Waals surface area (Å²) in [6.45, 7) is 14.8. The van der Waals surface area contributed by atoms with Crippen LogP contribution in [0.15, 0.2) is 0 Å². The highest BCUT2D eigenvalue weighted by Crippen LogP contribution is 2.28. The van der Waals surface area contributed by atoms with Crippen LogP contribution in [0.2, 0.25) is 0 Å². The van der Waals surface area contributed by atoms with Crippen molar-refractivity contribution in [1.29, 1.82) is 0 Å². The van der Waals surface area contributed by atoms with Gasteiger partial charge in [-0.15, -0.1) is 0 Å². The van der Waals surface area contributed by atoms with Crippen LogP contribution >= 0.6 is 0 Å². The lowest BCUT2D eigenvalue weighted by Gasteiger charge is -2.39. The molecule has 8 nitrogen and oxygen atoms in total. The molecular weight excluding hydrogens is 372 g/mol. The number of likely N-dealkylation sites (tertiary alicyclic amines) is 1. The smallest absolute Gasteiger partial charge is 0.410 e. The van der Waals surface area contributed by atoms with E-state index >= 15 is 0 Å². The van der Waals surface area contributed by atoms with E-state index in [0.717, 1.165) is 26.1 Å². The molecule has 29 heavy (non-hydrogen) atoms. The maximum Gasteiger partial charge on any atom is 0.410 e. The molecule has 2 amide bonds. The highest BCUT2D eigenvalue weighted by molar-refractivity contribution is 5.83. The van der Waals surface area contributed by atoms with E-state index in [0.29, 0.717) is 32.6 Å². The Kier molecular flexibility index (Phi) is 7.93. The van der Waals surface area contributed by atoms with Crippen LogP contribution in [0.3, 0.4) is 0 Å². The van der Waals surface area contributed by atoms with E-state index in [1.807, 2.05) is 27.8 Å². The van der Waals surface area contributed by atoms with Gasteiger partial charge in [0.05, 0.1) is 12.1 Å². The Bertz CT molecular complexity index is 568. The summed E-state index contributed by atoms with van der Waals surface area (Å²) in [6, 6.07) is -0.282. The van der Waals surface area contributed by atoms with Crippen molar-refractivity contribution in [3.8, 4) is 0 Å². The van der Waals surface area contributed by atoms with E-state index in [1.54, 1.807) is 9.80 Å². The predicted octanol–water partition coefficient (Wildman–Crippen LogP) is 1.14. The van der Waals surface area contributed by atoms with Gasteiger partial charge in [-0.25, -0.2) is 4.79 Å². The fraction of sp³-hybridized carbons (Fsp3) is 0.905. The molecule has 2 fully saturated rings. The number of hydrogen-bond acceptors (Lipinski definition) is 6. The van der Waals surface area contributed by atoms with Gasteiger partial charge in [-0.3, -0.25) is 9.69 Å². The number of carbonyl (C=O) groups excluding carboxylic acids is 2. The molecule has 0 aliphatic carbocycles. The number of rotatable bonds is 6. The molecule has 0 bridgehead atoms. The van der Waals surface area contributed by atoms with Crippen molar-refractivity contribution >= 4 is 12.0 Å². The van der Waals surface area contributed by atoms with E-state index in [9.17, 15) is 14.7 Å². The summed E-state index contributed by atoms with van der Waals surface area (Å²) in [5.41, 5.74) is -0.694. The lowest BCUT2D eigenvalue weighted by Crippen LogP contribution is -2.54. The quantitative estimate of drug-likeness (QED) is 0.680. The van der Waals surface area contributed by atoms with E-state index in [1.165, 1.54) is 0 Å². The summed E-state index contributed by atoms with van der Waals surface area (Å²) in [4.78, 5) is 31.0. The normalized spacial score (nSPS) is 22.7. The molecule has 2 heterocycles. The third-order valence-electron chi connectivity index (χ3n) is 5.89. The zero-order valence-corrected chi connectivity index (χ0v) is 19.0. The molecule has 0 aromatic heterocycles. The maximum absolute atomic E-state index is 12.9. The summed E-state index contributed by atoms with van der Waals surface area (Å²) < 4.78 is 5.46. The molecule has 2 rings (SSSR count). The van der Waals surface area contributed by atoms with Crippen LogP contribution in [-0.4, -0.2) is 102 Å². The lowest BCUT2D eigenvalue weighted by molar-refractivity contribution is -0.135. The molecule has 2 saturated heterocycles. The van der Waals surface area contributed by atoms with Gasteiger partial charge in [0.1, 0.15) is 5.60 Å². The Labute approximate surface area is 175 Å². The number of piperazine rings is 1. The van der Waals surface area contributed by atoms with Crippen LogP contribution in [-0.2, 0) is 9.53 Å². The van der Waals surface area contributed by atoms with Gasteiger partial charge in [0.15, 0.2) is 0 Å². The van der Waals surface area contributed by atoms with Gasteiger partial charge >= 0.3 is 6.09 Å². The van der Waals surface area contributed by atoms with Gasteiger partial charge < -0.3 is 25.0 Å². The third-order valence-corrected chi connectivity index (χ3v) is 5.89. The lowest BCUT2D eigenvalue weighted by atomic mass is 9.80. The van der Waals surface area contributed by atoms with Gasteiger partial charge in [0, 0.05) is 39.3 Å². The van der Waals surface area contributed by atoms with Gasteiger partial charge in [0.2, 0.25) is 5.91 Å². The number of amides is 2. The molecule has 0 saturated carbocycles. The Morgan fingerprint density at radius 1 is 1.07 bits per heavy atom. The second-order valence-corrected chi connectivity index (χ2v) is 10.00. The largest absolute Gasteiger partial charge is 0.444 e. The molecule has 2 N–H and O–H groups in total. The number of ether oxygens (including phenoxy) is 1. The van der Waals surface area contributed by atoms with E-state index in [-0.39, 0.29) is 23.5 Å². The van der Waals surface area contributed by atoms with E-state index in [2.05, 4.69) is 24.1 Å². The minimum absolute atomic E-state index is 0.0730. The van der Waals surface area contributed by atoms with Crippen LogP contribution in [0, 0.1) is 5.41 Å². The number of nitrogens with one attached hydrogen (secondary N) is 1. The Morgan fingerprint density at radius 3 is 2.17 bits per heavy atom. The summed E-state index contributed by atoms with van der Waals surface area (Å²) >= 11 is 0. The first-order valence-corrected chi connectivity index (χ1v) is 10.8. The summed E-state index contributed by atoms with van der Waals surface area (Å²) in [6.07, 6.45) is 0.879. The first-order chi connectivity index (χ1) is 13.4. The van der Waals surface area contributed by atoms with Crippen molar-refractivity contribution in [2.45, 2.75) is 65.2 Å². The van der Waals surface area contributed by atoms with Crippen LogP contribution in [0.5, 0.6) is 0 Å². The zero-order chi connectivity index (χ0) is 21.8. The van der Waals surface area contributed by atoms with Crippen molar-refractivity contribution in [3.05, 3.63) is 0 Å². The highest BCUT2D eigenvalue weighted by Gasteiger charge is 2.38. The third kappa shape index (κ3) is 6.83. The standard InChI is InChI=1S/C21H40N4O4/c1-20(2,3)29-19(28)24-13-11-23(12-14-24)10-8-21(4,5)17(22-6)18(27)25-9-7-16(26)15-25/h16-17,22,26H,7-15H2,1-6H3. The maximum atomic E-state index is 12.9. The number of aliphatic hydroxyl groups excluding tert-OH is 1. The number of nitrogens with zero attached hydrogens (tertiary/aromatic N) is 3. The van der Waals surface area contributed by atoms with Gasteiger partial charge in [-0.05, 0) is 52.6 Å². The second-order valence-electron chi connectivity index (χ2n) is 10.00. The minimum atomic E-state index is -0.474.